The van der Waals surface area contributed by atoms with Crippen molar-refractivity contribution in [3.8, 4) is 0 Å². The summed E-state index contributed by atoms with van der Waals surface area (Å²) in [7, 11) is 3.49. The molecule has 0 radical (unpaired) electrons. The highest BCUT2D eigenvalue weighted by molar-refractivity contribution is 5.72. The van der Waals surface area contributed by atoms with E-state index in [9.17, 15) is 0 Å². The molecule has 4 heteroatoms. The Morgan fingerprint density at radius 3 is 2.44 bits per heavy atom. The molecule has 0 bridgehead atoms. The topological polar surface area (TPSA) is 50.5 Å². The van der Waals surface area contributed by atoms with Crippen LogP contribution in [0.15, 0.2) is 42.3 Å². The van der Waals surface area contributed by atoms with Gasteiger partial charge in [-0.1, -0.05) is 29.8 Å². The molecule has 3 N–H and O–H groups in total. The number of hydrogen-bond donors (Lipinski definition) is 2. The number of methoxy groups -OCH3 is 1. The van der Waals surface area contributed by atoms with Crippen LogP contribution in [0.2, 0.25) is 0 Å². The number of aryl methyl sites for hydroxylation is 1. The molecule has 1 aromatic rings. The van der Waals surface area contributed by atoms with Crippen LogP contribution in [-0.4, -0.2) is 25.3 Å². The van der Waals surface area contributed by atoms with Gasteiger partial charge in [0.2, 0.25) is 5.88 Å². The Kier molecular flexibility index (Phi) is 3.69. The third kappa shape index (κ3) is 2.25. The maximum absolute atomic E-state index is 6.04. The normalized spacial score (nSPS) is 19.3. The van der Waals surface area contributed by atoms with Gasteiger partial charge in [0.1, 0.15) is 6.17 Å². The van der Waals surface area contributed by atoms with Crippen molar-refractivity contribution in [1.82, 2.24) is 10.3 Å². The number of benzene rings is 1. The largest absolute Gasteiger partial charge is 0.481 e. The predicted molar refractivity (Wildman–Crippen MR) is 73.1 cm³/mol. The van der Waals surface area contributed by atoms with Crippen LogP contribution < -0.4 is 11.2 Å². The minimum absolute atomic E-state index is 0.0901. The van der Waals surface area contributed by atoms with Gasteiger partial charge in [-0.15, -0.1) is 0 Å². The monoisotopic (exact) mass is 245 g/mol. The van der Waals surface area contributed by atoms with Crippen molar-refractivity contribution in [2.24, 2.45) is 5.84 Å². The van der Waals surface area contributed by atoms with Gasteiger partial charge in [0, 0.05) is 0 Å². The van der Waals surface area contributed by atoms with Gasteiger partial charge >= 0.3 is 0 Å². The number of allylic oxidation sites excluding steroid dienone is 2. The van der Waals surface area contributed by atoms with Crippen molar-refractivity contribution in [2.45, 2.75) is 13.1 Å². The molecule has 0 saturated heterocycles. The molecular formula is C14H19N3O. The van der Waals surface area contributed by atoms with Crippen LogP contribution in [-0.2, 0) is 4.74 Å². The molecule has 1 unspecified atom stereocenters. The van der Waals surface area contributed by atoms with Gasteiger partial charge in [0.15, 0.2) is 0 Å². The van der Waals surface area contributed by atoms with Crippen molar-refractivity contribution >= 4 is 5.57 Å². The van der Waals surface area contributed by atoms with E-state index in [1.807, 2.05) is 19.2 Å². The number of nitrogens with one attached hydrogen (secondary N) is 1. The van der Waals surface area contributed by atoms with Gasteiger partial charge < -0.3 is 4.74 Å². The molecule has 0 saturated carbocycles. The lowest BCUT2D eigenvalue weighted by Gasteiger charge is -2.34. The van der Waals surface area contributed by atoms with Crippen LogP contribution in [0.4, 0.5) is 0 Å². The van der Waals surface area contributed by atoms with Crippen LogP contribution in [0, 0.1) is 6.92 Å². The quantitative estimate of drug-likeness (QED) is 0.794. The van der Waals surface area contributed by atoms with Crippen LogP contribution >= 0.6 is 0 Å². The summed E-state index contributed by atoms with van der Waals surface area (Å²) in [5, 5.41) is 4.79. The molecule has 1 atom stereocenters. The highest BCUT2D eigenvalue weighted by Gasteiger charge is 2.25. The fourth-order valence-electron chi connectivity index (χ4n) is 2.08. The number of hydrogen-bond acceptors (Lipinski definition) is 4. The van der Waals surface area contributed by atoms with Gasteiger partial charge in [0.05, 0.1) is 7.11 Å². The van der Waals surface area contributed by atoms with E-state index in [-0.39, 0.29) is 6.17 Å². The van der Waals surface area contributed by atoms with Gasteiger partial charge in [-0.2, -0.15) is 0 Å². The summed E-state index contributed by atoms with van der Waals surface area (Å²) in [6, 6.07) is 8.40. The second kappa shape index (κ2) is 5.25. The number of nitrogens with zero attached hydrogens (tertiary/aromatic N) is 1. The summed E-state index contributed by atoms with van der Waals surface area (Å²) in [6.45, 7) is 2.08. The Hall–Kier alpha value is -1.78. The second-order valence-electron chi connectivity index (χ2n) is 4.30. The molecule has 4 nitrogen and oxygen atoms in total. The van der Waals surface area contributed by atoms with E-state index in [4.69, 9.17) is 10.6 Å². The molecule has 1 aliphatic heterocycles. The molecule has 1 aliphatic rings. The first-order valence-corrected chi connectivity index (χ1v) is 5.91. The fraction of sp³-hybridized carbons (Fsp3) is 0.286. The average Bonchev–Trinajstić information content (AvgIpc) is 2.39. The third-order valence-corrected chi connectivity index (χ3v) is 3.10. The van der Waals surface area contributed by atoms with E-state index >= 15 is 0 Å². The molecule has 96 valence electrons. The number of nitrogens with two attached hydrogens (primary N) is 1. The number of ether oxygens (including phenoxy) is 1. The molecular weight excluding hydrogens is 226 g/mol. The number of likely N-dealkylation sites (N-methyl/N-ethyl adjacent to an activating group) is 1. The highest BCUT2D eigenvalue weighted by Crippen LogP contribution is 2.26. The van der Waals surface area contributed by atoms with Crippen molar-refractivity contribution in [3.05, 3.63) is 53.4 Å². The summed E-state index contributed by atoms with van der Waals surface area (Å²) in [5.41, 5.74) is 3.52. The lowest BCUT2D eigenvalue weighted by atomic mass is 9.99. The maximum Gasteiger partial charge on any atom is 0.205 e. The first-order valence-electron chi connectivity index (χ1n) is 5.91. The smallest absolute Gasteiger partial charge is 0.205 e. The lowest BCUT2D eigenvalue weighted by Crippen LogP contribution is -2.49. The molecule has 18 heavy (non-hydrogen) atoms. The zero-order chi connectivity index (χ0) is 13.1. The van der Waals surface area contributed by atoms with Crippen molar-refractivity contribution in [3.63, 3.8) is 0 Å². The van der Waals surface area contributed by atoms with Gasteiger partial charge in [-0.05, 0) is 37.3 Å². The van der Waals surface area contributed by atoms with E-state index in [1.165, 1.54) is 5.56 Å². The van der Waals surface area contributed by atoms with Crippen LogP contribution in [0.5, 0.6) is 0 Å². The summed E-state index contributed by atoms with van der Waals surface area (Å²) >= 11 is 0. The van der Waals surface area contributed by atoms with Gasteiger partial charge in [-0.25, -0.2) is 5.84 Å². The van der Waals surface area contributed by atoms with Gasteiger partial charge in [-0.3, -0.25) is 10.3 Å². The first-order chi connectivity index (χ1) is 8.67. The summed E-state index contributed by atoms with van der Waals surface area (Å²) in [6.07, 6.45) is 3.82. The molecule has 0 amide bonds. The van der Waals surface area contributed by atoms with Crippen molar-refractivity contribution < 1.29 is 4.74 Å². The van der Waals surface area contributed by atoms with E-state index < -0.39 is 0 Å². The van der Waals surface area contributed by atoms with E-state index in [1.54, 1.807) is 12.1 Å². The Morgan fingerprint density at radius 1 is 1.22 bits per heavy atom. The van der Waals surface area contributed by atoms with Crippen LogP contribution in [0.25, 0.3) is 5.57 Å². The number of rotatable bonds is 3. The van der Waals surface area contributed by atoms with E-state index in [0.29, 0.717) is 5.88 Å². The van der Waals surface area contributed by atoms with E-state index in [0.717, 1.165) is 11.1 Å². The van der Waals surface area contributed by atoms with Crippen molar-refractivity contribution in [2.75, 3.05) is 14.2 Å². The van der Waals surface area contributed by atoms with Crippen molar-refractivity contribution in [1.29, 1.82) is 0 Å². The second-order valence-corrected chi connectivity index (χ2v) is 4.30. The Bertz CT molecular complexity index is 476. The zero-order valence-corrected chi connectivity index (χ0v) is 11.0. The predicted octanol–water partition coefficient (Wildman–Crippen LogP) is 1.60. The highest BCUT2D eigenvalue weighted by atomic mass is 16.5. The summed E-state index contributed by atoms with van der Waals surface area (Å²) in [5.74, 6) is 6.68. The molecule has 2 rings (SSSR count). The standard InChI is InChI=1S/C14H19N3O/c1-10-4-6-11(7-5-10)12-8-9-13(18-3)17(15)14(12)16-2/h4-9,14,16H,15H2,1-3H3. The fourth-order valence-corrected chi connectivity index (χ4v) is 2.08. The third-order valence-electron chi connectivity index (χ3n) is 3.10. The van der Waals surface area contributed by atoms with Gasteiger partial charge in [0.25, 0.3) is 0 Å². The molecule has 1 heterocycles. The minimum Gasteiger partial charge on any atom is -0.481 e. The van der Waals surface area contributed by atoms with Crippen LogP contribution in [0.3, 0.4) is 0 Å². The Balaban J connectivity index is 2.39. The van der Waals surface area contributed by atoms with E-state index in [2.05, 4.69) is 36.5 Å². The zero-order valence-electron chi connectivity index (χ0n) is 11.0. The lowest BCUT2D eigenvalue weighted by molar-refractivity contribution is 0.124. The number of hydrazine groups is 1. The SMILES string of the molecule is CNC1C(c2ccc(C)cc2)=CC=C(OC)N1N. The summed E-state index contributed by atoms with van der Waals surface area (Å²) in [4.78, 5) is 0. The average molecular weight is 245 g/mol. The molecule has 0 fully saturated rings. The Labute approximate surface area is 108 Å². The molecule has 0 aromatic heterocycles. The molecule has 0 aliphatic carbocycles. The summed E-state index contributed by atoms with van der Waals surface area (Å²) < 4.78 is 5.22. The molecule has 1 aromatic carbocycles. The van der Waals surface area contributed by atoms with Crippen LogP contribution in [0.1, 0.15) is 11.1 Å². The first kappa shape index (κ1) is 12.7. The Morgan fingerprint density at radius 2 is 1.89 bits per heavy atom. The maximum atomic E-state index is 6.04. The molecule has 0 spiro atoms. The minimum atomic E-state index is -0.0901.